The topological polar surface area (TPSA) is 91.2 Å². The van der Waals surface area contributed by atoms with Gasteiger partial charge in [-0.05, 0) is 79.9 Å². The van der Waals surface area contributed by atoms with Crippen LogP contribution in [0.25, 0.3) is 6.08 Å². The van der Waals surface area contributed by atoms with Gasteiger partial charge in [-0.25, -0.2) is 4.99 Å². The number of fused-ring (bicyclic) bond motifs is 1. The Labute approximate surface area is 299 Å². The molecule has 6 rings (SSSR count). The summed E-state index contributed by atoms with van der Waals surface area (Å²) in [6.45, 7) is 8.31. The molecule has 1 atom stereocenters. The van der Waals surface area contributed by atoms with E-state index < -0.39 is 6.04 Å². The summed E-state index contributed by atoms with van der Waals surface area (Å²) in [4.78, 5) is 33.6. The highest BCUT2D eigenvalue weighted by Crippen LogP contribution is 2.36. The Balaban J connectivity index is 1.46. The van der Waals surface area contributed by atoms with Crippen molar-refractivity contribution in [3.05, 3.63) is 162 Å². The van der Waals surface area contributed by atoms with Crippen LogP contribution in [-0.2, 0) is 17.8 Å². The number of benzene rings is 4. The van der Waals surface area contributed by atoms with E-state index >= 15 is 0 Å². The second-order valence-electron chi connectivity index (χ2n) is 11.5. The molecule has 0 saturated carbocycles. The molecule has 5 aromatic rings. The molecule has 1 aliphatic heterocycles. The maximum absolute atomic E-state index is 14.4. The zero-order valence-electron chi connectivity index (χ0n) is 27.9. The van der Waals surface area contributed by atoms with Gasteiger partial charge >= 0.3 is 0 Å². The van der Waals surface area contributed by atoms with E-state index in [2.05, 4.69) is 11.9 Å². The lowest BCUT2D eigenvalue weighted by Crippen LogP contribution is -2.40. The summed E-state index contributed by atoms with van der Waals surface area (Å²) in [6.07, 6.45) is 4.13. The lowest BCUT2D eigenvalue weighted by atomic mass is 9.95. The molecule has 8 nitrogen and oxygen atoms in total. The van der Waals surface area contributed by atoms with E-state index in [1.54, 1.807) is 24.7 Å². The monoisotopic (exact) mass is 705 g/mol. The number of hydrogen-bond acceptors (Lipinski definition) is 7. The summed E-state index contributed by atoms with van der Waals surface area (Å²) in [5.41, 5.74) is 4.42. The molecular weight excluding hydrogens is 670 g/mol. The molecule has 0 saturated heterocycles. The van der Waals surface area contributed by atoms with E-state index in [1.165, 1.54) is 11.3 Å². The number of rotatable bonds is 12. The molecule has 1 N–H and O–H groups in total. The summed E-state index contributed by atoms with van der Waals surface area (Å²) in [7, 11) is 1.58. The Morgan fingerprint density at radius 2 is 1.80 bits per heavy atom. The normalized spacial score (nSPS) is 14.1. The van der Waals surface area contributed by atoms with Crippen LogP contribution in [0.3, 0.4) is 0 Å². The molecule has 1 aromatic heterocycles. The van der Waals surface area contributed by atoms with Gasteiger partial charge in [-0.1, -0.05) is 77.5 Å². The van der Waals surface area contributed by atoms with Crippen LogP contribution in [0, 0.1) is 0 Å². The van der Waals surface area contributed by atoms with E-state index in [9.17, 15) is 9.59 Å². The molecule has 254 valence electrons. The molecule has 4 aromatic carbocycles. The second-order valence-corrected chi connectivity index (χ2v) is 12.9. The predicted molar refractivity (Wildman–Crippen MR) is 199 cm³/mol. The lowest BCUT2D eigenvalue weighted by Gasteiger charge is -2.25. The summed E-state index contributed by atoms with van der Waals surface area (Å²) in [5.74, 6) is 1.40. The van der Waals surface area contributed by atoms with E-state index in [1.807, 2.05) is 104 Å². The zero-order chi connectivity index (χ0) is 35.2. The molecule has 1 aliphatic rings. The molecule has 1 amide bonds. The summed E-state index contributed by atoms with van der Waals surface area (Å²) in [5, 5.41) is 3.60. The van der Waals surface area contributed by atoms with Gasteiger partial charge in [-0.15, -0.1) is 6.58 Å². The number of para-hydroxylation sites is 1. The number of ether oxygens (including phenoxy) is 3. The van der Waals surface area contributed by atoms with Gasteiger partial charge in [-0.3, -0.25) is 14.2 Å². The molecular formula is C40H36ClN3O5S. The predicted octanol–water partition coefficient (Wildman–Crippen LogP) is 7.24. The minimum atomic E-state index is -0.747. The van der Waals surface area contributed by atoms with Gasteiger partial charge in [-0.2, -0.15) is 0 Å². The van der Waals surface area contributed by atoms with Crippen LogP contribution in [0.2, 0.25) is 5.02 Å². The van der Waals surface area contributed by atoms with Crippen LogP contribution in [-0.4, -0.2) is 24.2 Å². The Kier molecular flexibility index (Phi) is 10.7. The Morgan fingerprint density at radius 1 is 1.02 bits per heavy atom. The molecule has 0 unspecified atom stereocenters. The van der Waals surface area contributed by atoms with Crippen molar-refractivity contribution >= 4 is 40.6 Å². The fourth-order valence-electron chi connectivity index (χ4n) is 5.88. The first-order valence-electron chi connectivity index (χ1n) is 16.1. The van der Waals surface area contributed by atoms with Gasteiger partial charge in [0.2, 0.25) is 0 Å². The van der Waals surface area contributed by atoms with Crippen molar-refractivity contribution in [1.82, 2.24) is 4.57 Å². The summed E-state index contributed by atoms with van der Waals surface area (Å²) >= 11 is 7.66. The average molecular weight is 706 g/mol. The highest BCUT2D eigenvalue weighted by atomic mass is 35.5. The van der Waals surface area contributed by atoms with Crippen LogP contribution in [0.4, 0.5) is 5.69 Å². The molecule has 0 spiro atoms. The third-order valence-electron chi connectivity index (χ3n) is 8.15. The van der Waals surface area contributed by atoms with E-state index in [4.69, 9.17) is 30.8 Å². The minimum Gasteiger partial charge on any atom is -0.497 e. The Morgan fingerprint density at radius 3 is 2.54 bits per heavy atom. The third kappa shape index (κ3) is 7.29. The molecule has 50 heavy (non-hydrogen) atoms. The highest BCUT2D eigenvalue weighted by molar-refractivity contribution is 7.07. The number of nitrogens with one attached hydrogen (secondary N) is 1. The van der Waals surface area contributed by atoms with Gasteiger partial charge in [0, 0.05) is 21.8 Å². The molecule has 0 radical (unpaired) electrons. The highest BCUT2D eigenvalue weighted by Gasteiger charge is 2.33. The van der Waals surface area contributed by atoms with Crippen molar-refractivity contribution in [1.29, 1.82) is 0 Å². The van der Waals surface area contributed by atoms with Crippen LogP contribution in [0.5, 0.6) is 17.2 Å². The number of thiazole rings is 1. The molecule has 2 heterocycles. The lowest BCUT2D eigenvalue weighted by molar-refractivity contribution is -0.113. The van der Waals surface area contributed by atoms with Crippen LogP contribution in [0.1, 0.15) is 42.1 Å². The number of nitrogens with zero attached hydrogens (tertiary/aromatic N) is 2. The van der Waals surface area contributed by atoms with Gasteiger partial charge in [0.05, 0.1) is 35.6 Å². The van der Waals surface area contributed by atoms with E-state index in [0.29, 0.717) is 61.6 Å². The van der Waals surface area contributed by atoms with E-state index in [0.717, 1.165) is 22.3 Å². The number of hydrogen-bond donors (Lipinski definition) is 1. The van der Waals surface area contributed by atoms with E-state index in [-0.39, 0.29) is 18.1 Å². The van der Waals surface area contributed by atoms with Crippen LogP contribution in [0.15, 0.2) is 125 Å². The van der Waals surface area contributed by atoms with Crippen LogP contribution < -0.4 is 34.4 Å². The number of carbonyl (C=O) groups is 1. The molecule has 0 aliphatic carbocycles. The molecule has 0 bridgehead atoms. The van der Waals surface area contributed by atoms with Gasteiger partial charge < -0.3 is 19.5 Å². The first-order chi connectivity index (χ1) is 24.3. The Bertz CT molecular complexity index is 2280. The van der Waals surface area contributed by atoms with Crippen molar-refractivity contribution in [2.24, 2.45) is 4.99 Å². The standard InChI is InChI=1S/C40H36ClN3O5S/c1-5-13-28-20-26(21-33(48-6-2)37(28)49-24-29-14-10-11-19-32(29)41)22-34-39(46)44-36(27-15-12-18-31(23-27)47-4)35(25(3)42-40(44)50-34)38(45)43-30-16-8-7-9-17-30/h5,7-12,14-23,36H,1,6,13,24H2,2-4H3,(H,43,45)/b34-22+/t36-/m1/s1. The smallest absolute Gasteiger partial charge is 0.271 e. The third-order valence-corrected chi connectivity index (χ3v) is 9.50. The summed E-state index contributed by atoms with van der Waals surface area (Å²) in [6, 6.07) is 27.2. The SMILES string of the molecule is C=CCc1cc(/C=c2/sc3n(c2=O)[C@H](c2cccc(OC)c2)C(C(=O)Nc2ccccc2)=C(C)N=3)cc(OCC)c1OCc1ccccc1Cl. The fraction of sp³-hybridized carbons (Fsp3) is 0.175. The van der Waals surface area contributed by atoms with Crippen molar-refractivity contribution in [3.63, 3.8) is 0 Å². The number of allylic oxidation sites excluding steroid dienone is 2. The second kappa shape index (κ2) is 15.4. The maximum atomic E-state index is 14.4. The summed E-state index contributed by atoms with van der Waals surface area (Å²) < 4.78 is 19.9. The van der Waals surface area contributed by atoms with Crippen LogP contribution >= 0.6 is 22.9 Å². The zero-order valence-corrected chi connectivity index (χ0v) is 29.5. The number of anilines is 1. The first kappa shape index (κ1) is 34.5. The minimum absolute atomic E-state index is 0.256. The number of amides is 1. The van der Waals surface area contributed by atoms with Crippen molar-refractivity contribution < 1.29 is 19.0 Å². The van der Waals surface area contributed by atoms with Gasteiger partial charge in [0.15, 0.2) is 16.3 Å². The van der Waals surface area contributed by atoms with Crippen molar-refractivity contribution in [3.8, 4) is 17.2 Å². The largest absolute Gasteiger partial charge is 0.497 e. The maximum Gasteiger partial charge on any atom is 0.271 e. The molecule has 10 heteroatoms. The quantitative estimate of drug-likeness (QED) is 0.138. The Hall–Kier alpha value is -5.38. The molecule has 0 fully saturated rings. The average Bonchev–Trinajstić information content (AvgIpc) is 3.42. The van der Waals surface area contributed by atoms with Crippen molar-refractivity contribution in [2.75, 3.05) is 19.0 Å². The number of halogens is 1. The number of methoxy groups -OCH3 is 1. The number of aromatic nitrogens is 1. The van der Waals surface area contributed by atoms with Gasteiger partial charge in [0.1, 0.15) is 12.4 Å². The first-order valence-corrected chi connectivity index (χ1v) is 17.3. The number of carbonyl (C=O) groups excluding carboxylic acids is 1. The fourth-order valence-corrected chi connectivity index (χ4v) is 7.11. The van der Waals surface area contributed by atoms with Gasteiger partial charge in [0.25, 0.3) is 11.5 Å². The van der Waals surface area contributed by atoms with Crippen molar-refractivity contribution in [2.45, 2.75) is 32.9 Å².